The highest BCUT2D eigenvalue weighted by Gasteiger charge is 2.57. The Morgan fingerprint density at radius 1 is 1.25 bits per heavy atom. The molecular formula is C4H3F5NO2-. The van der Waals surface area contributed by atoms with Crippen LogP contribution in [0.25, 0.3) is 0 Å². The van der Waals surface area contributed by atoms with Crippen LogP contribution in [0.3, 0.4) is 0 Å². The summed E-state index contributed by atoms with van der Waals surface area (Å²) in [7, 11) is 0. The molecule has 0 aliphatic heterocycles. The molecule has 0 saturated heterocycles. The molecule has 0 aromatic heterocycles. The molecule has 8 heteroatoms. The van der Waals surface area contributed by atoms with Crippen molar-refractivity contribution in [2.75, 3.05) is 6.54 Å². The van der Waals surface area contributed by atoms with Gasteiger partial charge in [0.2, 0.25) is 0 Å². The van der Waals surface area contributed by atoms with Crippen molar-refractivity contribution >= 4 is 6.09 Å². The van der Waals surface area contributed by atoms with Crippen LogP contribution in [-0.2, 0) is 0 Å². The number of carbonyl (C=O) groups is 1. The van der Waals surface area contributed by atoms with E-state index in [1.54, 1.807) is 0 Å². The fourth-order valence-corrected chi connectivity index (χ4v) is 0.283. The third-order valence-corrected chi connectivity index (χ3v) is 0.869. The second-order valence-electron chi connectivity index (χ2n) is 1.84. The zero-order chi connectivity index (χ0) is 9.99. The number of rotatable bonds is 2. The van der Waals surface area contributed by atoms with E-state index in [9.17, 15) is 31.9 Å². The Bertz CT molecular complexity index is 177. The number of amides is 1. The van der Waals surface area contributed by atoms with Crippen LogP contribution >= 0.6 is 0 Å². The molecule has 0 spiro atoms. The molecule has 0 heterocycles. The molecule has 0 saturated carbocycles. The molecule has 12 heavy (non-hydrogen) atoms. The van der Waals surface area contributed by atoms with Crippen LogP contribution in [0.4, 0.5) is 26.7 Å². The summed E-state index contributed by atoms with van der Waals surface area (Å²) in [5.74, 6) is -5.06. The lowest BCUT2D eigenvalue weighted by atomic mass is 10.3. The van der Waals surface area contributed by atoms with E-state index >= 15 is 0 Å². The van der Waals surface area contributed by atoms with Gasteiger partial charge in [0.05, 0.1) is 6.54 Å². The van der Waals surface area contributed by atoms with Gasteiger partial charge >= 0.3 is 12.1 Å². The summed E-state index contributed by atoms with van der Waals surface area (Å²) in [5.41, 5.74) is 0. The van der Waals surface area contributed by atoms with E-state index in [2.05, 4.69) is 0 Å². The first-order chi connectivity index (χ1) is 5.17. The van der Waals surface area contributed by atoms with E-state index in [-0.39, 0.29) is 0 Å². The van der Waals surface area contributed by atoms with E-state index in [4.69, 9.17) is 0 Å². The first-order valence-electron chi connectivity index (χ1n) is 2.56. The predicted octanol–water partition coefficient (Wildman–Crippen LogP) is 0.117. The van der Waals surface area contributed by atoms with Gasteiger partial charge < -0.3 is 15.2 Å². The fraction of sp³-hybridized carbons (Fsp3) is 0.750. The van der Waals surface area contributed by atoms with Gasteiger partial charge in [-0.1, -0.05) is 0 Å². The zero-order valence-electron chi connectivity index (χ0n) is 5.41. The summed E-state index contributed by atoms with van der Waals surface area (Å²) >= 11 is 0. The molecule has 0 aliphatic carbocycles. The summed E-state index contributed by atoms with van der Waals surface area (Å²) in [5, 5.41) is 10.3. The number of carboxylic acid groups (broad SMARTS) is 1. The predicted molar refractivity (Wildman–Crippen MR) is 24.4 cm³/mol. The third-order valence-electron chi connectivity index (χ3n) is 0.869. The van der Waals surface area contributed by atoms with Crippen molar-refractivity contribution in [1.29, 1.82) is 0 Å². The molecule has 0 rings (SSSR count). The number of hydrogen-bond acceptors (Lipinski definition) is 2. The lowest BCUT2D eigenvalue weighted by Gasteiger charge is -2.20. The number of hydrogen-bond donors (Lipinski definition) is 1. The van der Waals surface area contributed by atoms with E-state index in [0.717, 1.165) is 5.32 Å². The molecule has 72 valence electrons. The maximum atomic E-state index is 11.8. The van der Waals surface area contributed by atoms with Gasteiger partial charge in [-0.15, -0.1) is 0 Å². The van der Waals surface area contributed by atoms with Crippen molar-refractivity contribution in [2.24, 2.45) is 0 Å². The van der Waals surface area contributed by atoms with E-state index in [0.29, 0.717) is 0 Å². The van der Waals surface area contributed by atoms with Crippen LogP contribution in [0.5, 0.6) is 0 Å². The Hall–Kier alpha value is -1.08. The van der Waals surface area contributed by atoms with Gasteiger partial charge in [0.25, 0.3) is 0 Å². The summed E-state index contributed by atoms with van der Waals surface area (Å²) in [6.07, 6.45) is -7.94. The van der Waals surface area contributed by atoms with Gasteiger partial charge in [-0.05, 0) is 0 Å². The van der Waals surface area contributed by atoms with Crippen LogP contribution < -0.4 is 10.4 Å². The smallest absolute Gasteiger partial charge is 0.455 e. The molecule has 0 unspecified atom stereocenters. The average molecular weight is 192 g/mol. The molecule has 0 radical (unpaired) electrons. The highest BCUT2D eigenvalue weighted by molar-refractivity contribution is 5.61. The maximum absolute atomic E-state index is 11.8. The lowest BCUT2D eigenvalue weighted by molar-refractivity contribution is -0.284. The summed E-state index contributed by atoms with van der Waals surface area (Å²) in [6.45, 7) is -2.03. The van der Waals surface area contributed by atoms with Gasteiger partial charge in [0.15, 0.2) is 0 Å². The normalized spacial score (nSPS) is 12.8. The fourth-order valence-electron chi connectivity index (χ4n) is 0.283. The van der Waals surface area contributed by atoms with Crippen molar-refractivity contribution in [2.45, 2.75) is 12.1 Å². The Labute approximate surface area is 63.2 Å². The average Bonchev–Trinajstić information content (AvgIpc) is 1.81. The van der Waals surface area contributed by atoms with Crippen molar-refractivity contribution in [3.63, 3.8) is 0 Å². The standard InChI is InChI=1S/C4H4F5NO2/c5-3(6,4(7,8)9)1-10-2(11)12/h10H,1H2,(H,11,12)/p-1. The Kier molecular flexibility index (Phi) is 2.83. The number of halogens is 5. The molecule has 0 atom stereocenters. The van der Waals surface area contributed by atoms with E-state index in [1.165, 1.54) is 0 Å². The van der Waals surface area contributed by atoms with Gasteiger partial charge in [-0.3, -0.25) is 0 Å². The van der Waals surface area contributed by atoms with Gasteiger partial charge in [-0.25, -0.2) is 0 Å². The maximum Gasteiger partial charge on any atom is 0.455 e. The summed E-state index contributed by atoms with van der Waals surface area (Å²) in [4.78, 5) is 9.45. The molecular weight excluding hydrogens is 189 g/mol. The molecule has 1 amide bonds. The van der Waals surface area contributed by atoms with Crippen LogP contribution in [0.1, 0.15) is 0 Å². The first kappa shape index (κ1) is 10.9. The van der Waals surface area contributed by atoms with Crippen molar-refractivity contribution in [3.8, 4) is 0 Å². The summed E-state index contributed by atoms with van der Waals surface area (Å²) < 4.78 is 57.5. The number of nitrogens with one attached hydrogen (secondary N) is 1. The minimum absolute atomic E-state index is 0.828. The third kappa shape index (κ3) is 2.89. The second-order valence-corrected chi connectivity index (χ2v) is 1.84. The SMILES string of the molecule is O=C([O-])NCC(F)(F)C(F)(F)F. The molecule has 3 nitrogen and oxygen atoms in total. The van der Waals surface area contributed by atoms with E-state index in [1.807, 2.05) is 0 Å². The molecule has 1 N–H and O–H groups in total. The minimum Gasteiger partial charge on any atom is -0.530 e. The van der Waals surface area contributed by atoms with E-state index < -0.39 is 24.7 Å². The first-order valence-corrected chi connectivity index (χ1v) is 2.56. The number of carbonyl (C=O) groups excluding carboxylic acids is 1. The van der Waals surface area contributed by atoms with Crippen LogP contribution in [0.15, 0.2) is 0 Å². The van der Waals surface area contributed by atoms with Gasteiger partial charge in [-0.2, -0.15) is 22.0 Å². The molecule has 0 fully saturated rings. The van der Waals surface area contributed by atoms with Crippen molar-refractivity contribution in [1.82, 2.24) is 5.32 Å². The van der Waals surface area contributed by atoms with Gasteiger partial charge in [0.1, 0.15) is 6.09 Å². The highest BCUT2D eigenvalue weighted by Crippen LogP contribution is 2.34. The second kappa shape index (κ2) is 3.11. The minimum atomic E-state index is -5.75. The number of alkyl halides is 5. The Morgan fingerprint density at radius 2 is 1.67 bits per heavy atom. The van der Waals surface area contributed by atoms with Crippen LogP contribution in [0.2, 0.25) is 0 Å². The van der Waals surface area contributed by atoms with Crippen LogP contribution in [0, 0.1) is 0 Å². The molecule has 0 aromatic carbocycles. The van der Waals surface area contributed by atoms with Gasteiger partial charge in [0, 0.05) is 0 Å². The van der Waals surface area contributed by atoms with Crippen molar-refractivity contribution in [3.05, 3.63) is 0 Å². The largest absolute Gasteiger partial charge is 0.530 e. The molecule has 0 aromatic rings. The molecule has 0 aliphatic rings. The topological polar surface area (TPSA) is 52.2 Å². The lowest BCUT2D eigenvalue weighted by Crippen LogP contribution is -2.49. The zero-order valence-corrected chi connectivity index (χ0v) is 5.41. The Morgan fingerprint density at radius 3 is 1.92 bits per heavy atom. The highest BCUT2D eigenvalue weighted by atomic mass is 19.4. The van der Waals surface area contributed by atoms with Crippen molar-refractivity contribution < 1.29 is 31.9 Å². The Balaban J connectivity index is 4.14. The summed E-state index contributed by atoms with van der Waals surface area (Å²) in [6, 6.07) is 0. The molecule has 0 bridgehead atoms. The monoisotopic (exact) mass is 192 g/mol. The van der Waals surface area contributed by atoms with Crippen LogP contribution in [-0.4, -0.2) is 24.7 Å². The quantitative estimate of drug-likeness (QED) is 0.631.